The van der Waals surface area contributed by atoms with Gasteiger partial charge in [0.2, 0.25) is 5.88 Å². The molecule has 0 N–H and O–H groups in total. The molecule has 0 amide bonds. The van der Waals surface area contributed by atoms with E-state index in [0.29, 0.717) is 22.7 Å². The number of benzene rings is 1. The van der Waals surface area contributed by atoms with E-state index in [-0.39, 0.29) is 5.43 Å². The molecule has 0 atom stereocenters. The number of hydrogen-bond donors (Lipinski definition) is 0. The molecular formula is C19H14N2O2S. The molecule has 0 aliphatic heterocycles. The third-order valence-corrected chi connectivity index (χ3v) is 4.36. The molecule has 0 aliphatic carbocycles. The molecule has 0 radical (unpaired) electrons. The van der Waals surface area contributed by atoms with E-state index in [1.807, 2.05) is 70.8 Å². The number of thiophene rings is 1. The number of nitrogens with zero attached hydrogens (tertiary/aromatic N) is 2. The molecule has 3 heterocycles. The highest BCUT2D eigenvalue weighted by atomic mass is 32.1. The zero-order valence-electron chi connectivity index (χ0n) is 13.0. The number of pyridine rings is 2. The van der Waals surface area contributed by atoms with Crippen LogP contribution in [0, 0.1) is 6.92 Å². The van der Waals surface area contributed by atoms with E-state index >= 15 is 0 Å². The van der Waals surface area contributed by atoms with E-state index in [1.54, 1.807) is 11.3 Å². The van der Waals surface area contributed by atoms with Crippen molar-refractivity contribution in [2.45, 2.75) is 6.92 Å². The van der Waals surface area contributed by atoms with Crippen LogP contribution in [0.1, 0.15) is 5.69 Å². The Bertz CT molecular complexity index is 1050. The largest absolute Gasteiger partial charge is 0.439 e. The molecular weight excluding hydrogens is 320 g/mol. The minimum absolute atomic E-state index is 0.102. The highest BCUT2D eigenvalue weighted by molar-refractivity contribution is 7.08. The molecule has 0 spiro atoms. The Morgan fingerprint density at radius 1 is 1.08 bits per heavy atom. The van der Waals surface area contributed by atoms with Crippen LogP contribution in [0.15, 0.2) is 70.2 Å². The third-order valence-electron chi connectivity index (χ3n) is 3.70. The van der Waals surface area contributed by atoms with Gasteiger partial charge in [-0.3, -0.25) is 9.36 Å². The maximum Gasteiger partial charge on any atom is 0.210 e. The number of fused-ring (bicyclic) bond motifs is 1. The lowest BCUT2D eigenvalue weighted by atomic mass is 10.2. The molecule has 0 saturated heterocycles. The molecule has 4 nitrogen and oxygen atoms in total. The number of aryl methyl sites for hydroxylation is 1. The summed E-state index contributed by atoms with van der Waals surface area (Å²) < 4.78 is 7.84. The van der Waals surface area contributed by atoms with Crippen molar-refractivity contribution in [3.05, 3.63) is 81.3 Å². The van der Waals surface area contributed by atoms with Gasteiger partial charge in [0.25, 0.3) is 0 Å². The first-order valence-electron chi connectivity index (χ1n) is 7.51. The molecule has 0 bridgehead atoms. The van der Waals surface area contributed by atoms with E-state index < -0.39 is 0 Å². The summed E-state index contributed by atoms with van der Waals surface area (Å²) in [7, 11) is 0. The van der Waals surface area contributed by atoms with E-state index in [9.17, 15) is 4.79 Å². The molecule has 5 heteroatoms. The van der Waals surface area contributed by atoms with Crippen molar-refractivity contribution in [3.8, 4) is 17.3 Å². The molecule has 0 aliphatic rings. The van der Waals surface area contributed by atoms with Crippen molar-refractivity contribution in [3.63, 3.8) is 0 Å². The summed E-state index contributed by atoms with van der Waals surface area (Å²) in [6.07, 6.45) is 0. The van der Waals surface area contributed by atoms with Gasteiger partial charge in [-0.15, -0.1) is 11.3 Å². The Kier molecular flexibility index (Phi) is 3.63. The normalized spacial score (nSPS) is 10.9. The predicted molar refractivity (Wildman–Crippen MR) is 96.5 cm³/mol. The van der Waals surface area contributed by atoms with Gasteiger partial charge in [0.05, 0.1) is 11.1 Å². The van der Waals surface area contributed by atoms with Crippen molar-refractivity contribution in [2.75, 3.05) is 0 Å². The van der Waals surface area contributed by atoms with Gasteiger partial charge in [-0.25, -0.2) is 4.98 Å². The Morgan fingerprint density at radius 3 is 2.67 bits per heavy atom. The molecule has 4 rings (SSSR count). The first-order valence-corrected chi connectivity index (χ1v) is 8.45. The zero-order chi connectivity index (χ0) is 16.5. The van der Waals surface area contributed by atoms with Crippen LogP contribution in [0.4, 0.5) is 0 Å². The monoisotopic (exact) mass is 334 g/mol. The fourth-order valence-electron chi connectivity index (χ4n) is 2.60. The number of rotatable bonds is 3. The minimum atomic E-state index is -0.102. The average Bonchev–Trinajstić information content (AvgIpc) is 3.08. The SMILES string of the molecule is Cc1ccc2c(=O)cc(Oc3ccsc3)n(-c3ccccc3)c2n1. The molecule has 1 aromatic carbocycles. The van der Waals surface area contributed by atoms with Crippen molar-refractivity contribution >= 4 is 22.4 Å². The molecule has 3 aromatic heterocycles. The summed E-state index contributed by atoms with van der Waals surface area (Å²) in [6.45, 7) is 1.91. The Morgan fingerprint density at radius 2 is 1.92 bits per heavy atom. The maximum atomic E-state index is 12.5. The highest BCUT2D eigenvalue weighted by Crippen LogP contribution is 2.28. The summed E-state index contributed by atoms with van der Waals surface area (Å²) >= 11 is 1.54. The van der Waals surface area contributed by atoms with Gasteiger partial charge in [0, 0.05) is 17.1 Å². The molecule has 0 fully saturated rings. The van der Waals surface area contributed by atoms with Crippen LogP contribution in [0.2, 0.25) is 0 Å². The van der Waals surface area contributed by atoms with Crippen molar-refractivity contribution < 1.29 is 4.74 Å². The average molecular weight is 334 g/mol. The lowest BCUT2D eigenvalue weighted by Crippen LogP contribution is -2.12. The highest BCUT2D eigenvalue weighted by Gasteiger charge is 2.14. The van der Waals surface area contributed by atoms with E-state index in [1.165, 1.54) is 6.07 Å². The second-order valence-corrected chi connectivity index (χ2v) is 6.18. The first kappa shape index (κ1) is 14.7. The third kappa shape index (κ3) is 2.59. The topological polar surface area (TPSA) is 44.1 Å². The van der Waals surface area contributed by atoms with Gasteiger partial charge < -0.3 is 4.74 Å². The number of aromatic nitrogens is 2. The van der Waals surface area contributed by atoms with Crippen LogP contribution in [0.3, 0.4) is 0 Å². The van der Waals surface area contributed by atoms with Crippen LogP contribution in [0.5, 0.6) is 11.6 Å². The number of ether oxygens (including phenoxy) is 1. The van der Waals surface area contributed by atoms with Crippen LogP contribution < -0.4 is 10.2 Å². The van der Waals surface area contributed by atoms with Crippen LogP contribution in [-0.4, -0.2) is 9.55 Å². The van der Waals surface area contributed by atoms with E-state index in [2.05, 4.69) is 4.98 Å². The fourth-order valence-corrected chi connectivity index (χ4v) is 3.15. The predicted octanol–water partition coefficient (Wildman–Crippen LogP) is 4.55. The first-order chi connectivity index (χ1) is 11.7. The van der Waals surface area contributed by atoms with Crippen molar-refractivity contribution in [1.82, 2.24) is 9.55 Å². The Hall–Kier alpha value is -2.92. The zero-order valence-corrected chi connectivity index (χ0v) is 13.8. The molecule has 24 heavy (non-hydrogen) atoms. The van der Waals surface area contributed by atoms with Gasteiger partial charge in [0.15, 0.2) is 11.1 Å². The van der Waals surface area contributed by atoms with E-state index in [0.717, 1.165) is 11.4 Å². The van der Waals surface area contributed by atoms with Crippen LogP contribution >= 0.6 is 11.3 Å². The van der Waals surface area contributed by atoms with Gasteiger partial charge in [-0.2, -0.15) is 0 Å². The van der Waals surface area contributed by atoms with Gasteiger partial charge in [-0.1, -0.05) is 18.2 Å². The second kappa shape index (κ2) is 5.94. The summed E-state index contributed by atoms with van der Waals surface area (Å²) in [5.74, 6) is 1.16. The lowest BCUT2D eigenvalue weighted by Gasteiger charge is -2.16. The summed E-state index contributed by atoms with van der Waals surface area (Å²) in [6, 6.07) is 16.8. The van der Waals surface area contributed by atoms with Gasteiger partial charge in [-0.05, 0) is 42.6 Å². The summed E-state index contributed by atoms with van der Waals surface area (Å²) in [5.41, 5.74) is 2.24. The molecule has 0 unspecified atom stereocenters. The van der Waals surface area contributed by atoms with Gasteiger partial charge in [0.1, 0.15) is 5.75 Å². The van der Waals surface area contributed by atoms with Gasteiger partial charge >= 0.3 is 0 Å². The second-order valence-electron chi connectivity index (χ2n) is 5.40. The summed E-state index contributed by atoms with van der Waals surface area (Å²) in [4.78, 5) is 17.1. The number of hydrogen-bond acceptors (Lipinski definition) is 4. The minimum Gasteiger partial charge on any atom is -0.439 e. The molecule has 118 valence electrons. The van der Waals surface area contributed by atoms with Crippen LogP contribution in [-0.2, 0) is 0 Å². The quantitative estimate of drug-likeness (QED) is 0.552. The lowest BCUT2D eigenvalue weighted by molar-refractivity contribution is 0.453. The Balaban J connectivity index is 2.05. The maximum absolute atomic E-state index is 12.5. The van der Waals surface area contributed by atoms with Crippen LogP contribution in [0.25, 0.3) is 16.7 Å². The summed E-state index contributed by atoms with van der Waals surface area (Å²) in [5, 5.41) is 4.40. The van der Waals surface area contributed by atoms with Crippen molar-refractivity contribution in [2.24, 2.45) is 0 Å². The van der Waals surface area contributed by atoms with Crippen molar-refractivity contribution in [1.29, 1.82) is 0 Å². The van der Waals surface area contributed by atoms with E-state index in [4.69, 9.17) is 4.74 Å². The number of para-hydroxylation sites is 1. The molecule has 4 aromatic rings. The smallest absolute Gasteiger partial charge is 0.210 e. The fraction of sp³-hybridized carbons (Fsp3) is 0.0526. The Labute approximate surface area is 142 Å². The molecule has 0 saturated carbocycles. The standard InChI is InChI=1S/C19H14N2O2S/c1-13-7-8-16-17(22)11-18(23-15-9-10-24-12-15)21(19(16)20-13)14-5-3-2-4-6-14/h2-12H,1H3.